The lowest BCUT2D eigenvalue weighted by molar-refractivity contribution is -0.384. The third-order valence-electron chi connectivity index (χ3n) is 6.14. The lowest BCUT2D eigenvalue weighted by Gasteiger charge is -2.32. The minimum atomic E-state index is -0.500. The normalized spacial score (nSPS) is 13.9. The van der Waals surface area contributed by atoms with E-state index in [2.05, 4.69) is 10.3 Å². The largest absolute Gasteiger partial charge is 0.348 e. The van der Waals surface area contributed by atoms with Crippen LogP contribution in [0.25, 0.3) is 0 Å². The van der Waals surface area contributed by atoms with Crippen molar-refractivity contribution >= 4 is 17.5 Å². The number of piperidine rings is 1. The first kappa shape index (κ1) is 24.0. The Morgan fingerprint density at radius 3 is 2.49 bits per heavy atom. The van der Waals surface area contributed by atoms with Crippen molar-refractivity contribution in [3.05, 3.63) is 105 Å². The minimum absolute atomic E-state index is 0.00531. The molecule has 2 aromatic carbocycles. The third-order valence-corrected chi connectivity index (χ3v) is 6.14. The number of halogens is 1. The van der Waals surface area contributed by atoms with Crippen molar-refractivity contribution in [1.82, 2.24) is 15.2 Å². The van der Waals surface area contributed by atoms with E-state index in [0.717, 1.165) is 5.69 Å². The van der Waals surface area contributed by atoms with E-state index in [9.17, 15) is 24.1 Å². The topological polar surface area (TPSA) is 105 Å². The number of nitro benzene ring substituents is 1. The molecular weight excluding hydrogens is 451 g/mol. The maximum atomic E-state index is 13.4. The Hall–Kier alpha value is -4.14. The van der Waals surface area contributed by atoms with Gasteiger partial charge in [-0.15, -0.1) is 0 Å². The van der Waals surface area contributed by atoms with Crippen LogP contribution < -0.4 is 5.32 Å². The molecule has 2 amide bonds. The van der Waals surface area contributed by atoms with Crippen molar-refractivity contribution in [3.63, 3.8) is 0 Å². The zero-order chi connectivity index (χ0) is 24.9. The molecule has 8 nitrogen and oxygen atoms in total. The summed E-state index contributed by atoms with van der Waals surface area (Å²) in [6, 6.07) is 15.2. The van der Waals surface area contributed by atoms with Gasteiger partial charge in [-0.3, -0.25) is 24.7 Å². The second-order valence-electron chi connectivity index (χ2n) is 8.57. The monoisotopic (exact) mass is 476 g/mol. The number of hydrogen-bond acceptors (Lipinski definition) is 5. The van der Waals surface area contributed by atoms with Gasteiger partial charge in [0.05, 0.1) is 16.2 Å². The lowest BCUT2D eigenvalue weighted by Crippen LogP contribution is -2.38. The fraction of sp³-hybridized carbons (Fsp3) is 0.269. The van der Waals surface area contributed by atoms with Crippen molar-refractivity contribution in [2.75, 3.05) is 13.1 Å². The van der Waals surface area contributed by atoms with Gasteiger partial charge in [0.2, 0.25) is 0 Å². The first-order chi connectivity index (χ1) is 16.8. The predicted molar refractivity (Wildman–Crippen MR) is 128 cm³/mol. The predicted octanol–water partition coefficient (Wildman–Crippen LogP) is 4.39. The van der Waals surface area contributed by atoms with Gasteiger partial charge in [0.15, 0.2) is 0 Å². The molecule has 1 fully saturated rings. The summed E-state index contributed by atoms with van der Waals surface area (Å²) in [7, 11) is 0. The lowest BCUT2D eigenvalue weighted by atomic mass is 9.89. The van der Waals surface area contributed by atoms with Crippen LogP contribution in [0.15, 0.2) is 60.7 Å². The molecule has 0 bridgehead atoms. The van der Waals surface area contributed by atoms with Crippen LogP contribution in [0.1, 0.15) is 56.4 Å². The van der Waals surface area contributed by atoms with Crippen molar-refractivity contribution in [3.8, 4) is 0 Å². The van der Waals surface area contributed by atoms with Gasteiger partial charge in [-0.05, 0) is 61.7 Å². The van der Waals surface area contributed by atoms with Gasteiger partial charge in [0.1, 0.15) is 5.82 Å². The molecule has 1 aliphatic heterocycles. The molecule has 180 valence electrons. The van der Waals surface area contributed by atoms with E-state index < -0.39 is 4.92 Å². The number of aryl methyl sites for hydroxylation is 1. The Morgan fingerprint density at radius 2 is 1.83 bits per heavy atom. The number of nitrogens with zero attached hydrogens (tertiary/aromatic N) is 3. The molecule has 9 heteroatoms. The molecular formula is C26H25FN4O4. The summed E-state index contributed by atoms with van der Waals surface area (Å²) in [6.07, 6.45) is 1.28. The van der Waals surface area contributed by atoms with E-state index in [1.807, 2.05) is 6.92 Å². The smallest absolute Gasteiger partial charge is 0.269 e. The number of carbonyl (C=O) groups is 2. The number of hydrogen-bond donors (Lipinski definition) is 1. The summed E-state index contributed by atoms with van der Waals surface area (Å²) >= 11 is 0. The molecule has 0 saturated carbocycles. The number of non-ortho nitro benzene ring substituents is 1. The van der Waals surface area contributed by atoms with Gasteiger partial charge in [0.25, 0.3) is 17.5 Å². The van der Waals surface area contributed by atoms with Crippen LogP contribution in [0.4, 0.5) is 10.1 Å². The zero-order valence-corrected chi connectivity index (χ0v) is 19.2. The van der Waals surface area contributed by atoms with Gasteiger partial charge in [-0.2, -0.15) is 0 Å². The Labute approximate surface area is 201 Å². The summed E-state index contributed by atoms with van der Waals surface area (Å²) in [5.74, 6) is -0.806. The van der Waals surface area contributed by atoms with Gasteiger partial charge in [-0.1, -0.05) is 12.1 Å². The van der Waals surface area contributed by atoms with Crippen LogP contribution in [-0.4, -0.2) is 39.7 Å². The molecule has 0 atom stereocenters. The number of pyridine rings is 1. The van der Waals surface area contributed by atoms with E-state index in [1.165, 1.54) is 36.4 Å². The average molecular weight is 477 g/mol. The van der Waals surface area contributed by atoms with E-state index in [0.29, 0.717) is 48.3 Å². The fourth-order valence-corrected chi connectivity index (χ4v) is 4.27. The van der Waals surface area contributed by atoms with Crippen LogP contribution in [0.3, 0.4) is 0 Å². The van der Waals surface area contributed by atoms with Gasteiger partial charge in [0, 0.05) is 48.9 Å². The summed E-state index contributed by atoms with van der Waals surface area (Å²) in [5.41, 5.74) is 2.98. The number of nitrogens with one attached hydrogen (secondary N) is 1. The number of carbonyl (C=O) groups excluding carboxylic acids is 2. The van der Waals surface area contributed by atoms with Crippen molar-refractivity contribution in [2.45, 2.75) is 32.2 Å². The summed E-state index contributed by atoms with van der Waals surface area (Å²) in [5, 5.41) is 13.7. The molecule has 1 N–H and O–H groups in total. The highest BCUT2D eigenvalue weighted by atomic mass is 19.1. The second kappa shape index (κ2) is 10.4. The highest BCUT2D eigenvalue weighted by molar-refractivity contribution is 5.96. The van der Waals surface area contributed by atoms with Gasteiger partial charge >= 0.3 is 0 Å². The maximum Gasteiger partial charge on any atom is 0.269 e. The minimum Gasteiger partial charge on any atom is -0.348 e. The van der Waals surface area contributed by atoms with Crippen LogP contribution in [-0.2, 0) is 6.54 Å². The number of likely N-dealkylation sites (tertiary alicyclic amines) is 1. The molecule has 35 heavy (non-hydrogen) atoms. The quantitative estimate of drug-likeness (QED) is 0.420. The molecule has 4 rings (SSSR count). The van der Waals surface area contributed by atoms with Crippen molar-refractivity contribution in [1.29, 1.82) is 0 Å². The van der Waals surface area contributed by atoms with E-state index >= 15 is 0 Å². The fourth-order valence-electron chi connectivity index (χ4n) is 4.27. The van der Waals surface area contributed by atoms with Crippen LogP contribution in [0, 0.1) is 22.9 Å². The SMILES string of the molecule is Cc1ccc(C(=O)NCc2cccc(F)c2)c(C2CCN(C(=O)c3ccc([N+](=O)[O-])cc3)CC2)n1. The molecule has 1 aliphatic rings. The molecule has 0 radical (unpaired) electrons. The molecule has 0 unspecified atom stereocenters. The third kappa shape index (κ3) is 5.68. The highest BCUT2D eigenvalue weighted by Crippen LogP contribution is 2.30. The first-order valence-corrected chi connectivity index (χ1v) is 11.4. The van der Waals surface area contributed by atoms with E-state index in [1.54, 1.807) is 29.2 Å². The molecule has 1 aromatic heterocycles. The number of amides is 2. The Kier molecular flexibility index (Phi) is 7.14. The summed E-state index contributed by atoms with van der Waals surface area (Å²) in [6.45, 7) is 3.04. The Morgan fingerprint density at radius 1 is 1.11 bits per heavy atom. The summed E-state index contributed by atoms with van der Waals surface area (Å²) < 4.78 is 13.4. The molecule has 3 aromatic rings. The van der Waals surface area contributed by atoms with Crippen LogP contribution >= 0.6 is 0 Å². The standard InChI is InChI=1S/C26H25FN4O4/c1-17-5-10-23(25(32)28-16-18-3-2-4-21(27)15-18)24(29-17)19-11-13-30(14-12-19)26(33)20-6-8-22(9-7-20)31(34)35/h2-10,15,19H,11-14,16H2,1H3,(H,28,32). The number of benzene rings is 2. The average Bonchev–Trinajstić information content (AvgIpc) is 2.87. The number of rotatable bonds is 6. The van der Waals surface area contributed by atoms with Gasteiger partial charge < -0.3 is 10.2 Å². The number of nitro groups is 1. The van der Waals surface area contributed by atoms with E-state index in [4.69, 9.17) is 0 Å². The maximum absolute atomic E-state index is 13.4. The van der Waals surface area contributed by atoms with Crippen LogP contribution in [0.5, 0.6) is 0 Å². The molecule has 0 aliphatic carbocycles. The molecule has 0 spiro atoms. The second-order valence-corrected chi connectivity index (χ2v) is 8.57. The summed E-state index contributed by atoms with van der Waals surface area (Å²) in [4.78, 5) is 42.5. The highest BCUT2D eigenvalue weighted by Gasteiger charge is 2.28. The van der Waals surface area contributed by atoms with Gasteiger partial charge in [-0.25, -0.2) is 4.39 Å². The van der Waals surface area contributed by atoms with E-state index in [-0.39, 0.29) is 35.8 Å². The van der Waals surface area contributed by atoms with Crippen molar-refractivity contribution in [2.24, 2.45) is 0 Å². The molecule has 2 heterocycles. The Bertz CT molecular complexity index is 1250. The van der Waals surface area contributed by atoms with Crippen LogP contribution in [0.2, 0.25) is 0 Å². The molecule has 1 saturated heterocycles. The zero-order valence-electron chi connectivity index (χ0n) is 19.2. The number of aromatic nitrogens is 1. The first-order valence-electron chi connectivity index (χ1n) is 11.4. The van der Waals surface area contributed by atoms with Crippen molar-refractivity contribution < 1.29 is 18.9 Å². The Balaban J connectivity index is 1.42.